The minimum atomic E-state index is -0.190. The molecular weight excluding hydrogens is 362 g/mol. The predicted molar refractivity (Wildman–Crippen MR) is 110 cm³/mol. The highest BCUT2D eigenvalue weighted by Gasteiger charge is 2.07. The van der Waals surface area contributed by atoms with E-state index in [0.717, 1.165) is 23.7 Å². The van der Waals surface area contributed by atoms with Crippen LogP contribution in [0.25, 0.3) is 0 Å². The van der Waals surface area contributed by atoms with Crippen LogP contribution < -0.4 is 16.0 Å². The molecule has 3 aromatic rings. The van der Waals surface area contributed by atoms with Gasteiger partial charge in [0.1, 0.15) is 5.82 Å². The van der Waals surface area contributed by atoms with E-state index in [-0.39, 0.29) is 5.91 Å². The van der Waals surface area contributed by atoms with Crippen LogP contribution in [0.2, 0.25) is 5.02 Å². The van der Waals surface area contributed by atoms with Crippen LogP contribution in [-0.2, 0) is 0 Å². The van der Waals surface area contributed by atoms with Crippen LogP contribution in [0.5, 0.6) is 0 Å². The second kappa shape index (κ2) is 8.51. The number of nitrogens with zero attached hydrogens (tertiary/aromatic N) is 2. The minimum absolute atomic E-state index is 0.190. The summed E-state index contributed by atoms with van der Waals surface area (Å²) in [5.41, 5.74) is 2.94. The lowest BCUT2D eigenvalue weighted by Crippen LogP contribution is -2.11. The van der Waals surface area contributed by atoms with Crippen LogP contribution >= 0.6 is 11.6 Å². The van der Waals surface area contributed by atoms with Crippen LogP contribution in [0.1, 0.15) is 23.0 Å². The topological polar surface area (TPSA) is 78.9 Å². The van der Waals surface area contributed by atoms with Crippen LogP contribution in [0, 0.1) is 6.92 Å². The number of aromatic nitrogens is 2. The van der Waals surface area contributed by atoms with Gasteiger partial charge >= 0.3 is 0 Å². The molecule has 2 aromatic carbocycles. The second-order valence-corrected chi connectivity index (χ2v) is 6.35. The molecule has 0 radical (unpaired) electrons. The zero-order chi connectivity index (χ0) is 19.2. The molecule has 3 N–H and O–H groups in total. The van der Waals surface area contributed by atoms with Crippen molar-refractivity contribution in [3.63, 3.8) is 0 Å². The van der Waals surface area contributed by atoms with Gasteiger partial charge in [-0.05, 0) is 62.4 Å². The largest absolute Gasteiger partial charge is 0.370 e. The third kappa shape index (κ3) is 5.18. The summed E-state index contributed by atoms with van der Waals surface area (Å²) in [5.74, 6) is 1.10. The molecule has 0 saturated carbocycles. The normalized spacial score (nSPS) is 10.3. The quantitative estimate of drug-likeness (QED) is 0.568. The number of amides is 1. The molecule has 1 amide bonds. The molecule has 0 aliphatic carbocycles. The van der Waals surface area contributed by atoms with E-state index >= 15 is 0 Å². The predicted octanol–water partition coefficient (Wildman–Crippen LogP) is 4.87. The average Bonchev–Trinajstić information content (AvgIpc) is 2.64. The van der Waals surface area contributed by atoms with E-state index < -0.39 is 0 Å². The Labute approximate surface area is 163 Å². The van der Waals surface area contributed by atoms with Crippen LogP contribution in [0.3, 0.4) is 0 Å². The zero-order valence-corrected chi connectivity index (χ0v) is 15.8. The highest BCUT2D eigenvalue weighted by atomic mass is 35.5. The van der Waals surface area contributed by atoms with Gasteiger partial charge in [-0.15, -0.1) is 0 Å². The van der Waals surface area contributed by atoms with E-state index in [1.165, 1.54) is 0 Å². The van der Waals surface area contributed by atoms with E-state index in [1.807, 2.05) is 44.2 Å². The summed E-state index contributed by atoms with van der Waals surface area (Å²) < 4.78 is 0. The molecule has 7 heteroatoms. The van der Waals surface area contributed by atoms with Crippen molar-refractivity contribution in [3.8, 4) is 0 Å². The Morgan fingerprint density at radius 3 is 2.33 bits per heavy atom. The number of hydrogen-bond donors (Lipinski definition) is 3. The highest BCUT2D eigenvalue weighted by Crippen LogP contribution is 2.19. The van der Waals surface area contributed by atoms with Gasteiger partial charge in [0, 0.05) is 40.3 Å². The molecule has 0 atom stereocenters. The number of benzene rings is 2. The van der Waals surface area contributed by atoms with Crippen molar-refractivity contribution in [1.82, 2.24) is 9.97 Å². The Morgan fingerprint density at radius 2 is 1.67 bits per heavy atom. The van der Waals surface area contributed by atoms with E-state index in [1.54, 1.807) is 24.3 Å². The van der Waals surface area contributed by atoms with Crippen molar-refractivity contribution < 1.29 is 4.79 Å². The summed E-state index contributed by atoms with van der Waals surface area (Å²) in [6.07, 6.45) is 0. The number of aryl methyl sites for hydroxylation is 1. The first-order chi connectivity index (χ1) is 13.0. The third-order valence-electron chi connectivity index (χ3n) is 3.72. The van der Waals surface area contributed by atoms with Gasteiger partial charge in [0.25, 0.3) is 5.91 Å². The molecule has 0 spiro atoms. The van der Waals surface area contributed by atoms with E-state index in [2.05, 4.69) is 25.9 Å². The van der Waals surface area contributed by atoms with Crippen LogP contribution in [0.4, 0.5) is 23.1 Å². The average molecular weight is 382 g/mol. The SMILES string of the molecule is CCNc1cc(C)nc(Nc2ccc(NC(=O)c3ccc(Cl)cc3)cc2)n1. The van der Waals surface area contributed by atoms with Crippen molar-refractivity contribution in [2.45, 2.75) is 13.8 Å². The number of carbonyl (C=O) groups excluding carboxylic acids is 1. The van der Waals surface area contributed by atoms with E-state index in [0.29, 0.717) is 22.2 Å². The lowest BCUT2D eigenvalue weighted by atomic mass is 10.2. The molecule has 1 aromatic heterocycles. The summed E-state index contributed by atoms with van der Waals surface area (Å²) in [5, 5.41) is 9.80. The van der Waals surface area contributed by atoms with Gasteiger partial charge in [-0.25, -0.2) is 4.98 Å². The molecule has 0 saturated heterocycles. The van der Waals surface area contributed by atoms with Crippen molar-refractivity contribution in [2.75, 3.05) is 22.5 Å². The minimum Gasteiger partial charge on any atom is -0.370 e. The summed E-state index contributed by atoms with van der Waals surface area (Å²) >= 11 is 5.84. The molecule has 138 valence electrons. The van der Waals surface area contributed by atoms with Gasteiger partial charge in [0.15, 0.2) is 0 Å². The Morgan fingerprint density at radius 1 is 1.00 bits per heavy atom. The van der Waals surface area contributed by atoms with Gasteiger partial charge in [0.2, 0.25) is 5.95 Å². The van der Waals surface area contributed by atoms with Gasteiger partial charge in [0.05, 0.1) is 0 Å². The molecule has 0 aliphatic heterocycles. The number of halogens is 1. The lowest BCUT2D eigenvalue weighted by Gasteiger charge is -2.10. The molecule has 3 rings (SSSR count). The first kappa shape index (κ1) is 18.7. The zero-order valence-electron chi connectivity index (χ0n) is 15.1. The highest BCUT2D eigenvalue weighted by molar-refractivity contribution is 6.30. The van der Waals surface area contributed by atoms with Crippen LogP contribution in [-0.4, -0.2) is 22.4 Å². The summed E-state index contributed by atoms with van der Waals surface area (Å²) in [4.78, 5) is 21.0. The maximum atomic E-state index is 12.2. The fourth-order valence-electron chi connectivity index (χ4n) is 2.47. The number of rotatable bonds is 6. The smallest absolute Gasteiger partial charge is 0.255 e. The summed E-state index contributed by atoms with van der Waals surface area (Å²) in [6.45, 7) is 4.72. The van der Waals surface area contributed by atoms with E-state index in [4.69, 9.17) is 11.6 Å². The van der Waals surface area contributed by atoms with Crippen LogP contribution in [0.15, 0.2) is 54.6 Å². The van der Waals surface area contributed by atoms with Gasteiger partial charge in [-0.1, -0.05) is 11.6 Å². The van der Waals surface area contributed by atoms with Gasteiger partial charge < -0.3 is 16.0 Å². The fraction of sp³-hybridized carbons (Fsp3) is 0.150. The Balaban J connectivity index is 1.67. The maximum absolute atomic E-state index is 12.2. The molecule has 27 heavy (non-hydrogen) atoms. The lowest BCUT2D eigenvalue weighted by molar-refractivity contribution is 0.102. The Kier molecular flexibility index (Phi) is 5.88. The molecule has 0 fully saturated rings. The summed E-state index contributed by atoms with van der Waals surface area (Å²) in [7, 11) is 0. The first-order valence-electron chi connectivity index (χ1n) is 8.57. The molecule has 0 aliphatic rings. The van der Waals surface area contributed by atoms with Crippen molar-refractivity contribution >= 4 is 40.6 Å². The molecule has 0 bridgehead atoms. The Hall–Kier alpha value is -3.12. The number of nitrogens with one attached hydrogen (secondary N) is 3. The monoisotopic (exact) mass is 381 g/mol. The van der Waals surface area contributed by atoms with Crippen molar-refractivity contribution in [3.05, 3.63) is 70.9 Å². The molecule has 6 nitrogen and oxygen atoms in total. The molecule has 1 heterocycles. The van der Waals surface area contributed by atoms with Crippen molar-refractivity contribution in [1.29, 1.82) is 0 Å². The number of hydrogen-bond acceptors (Lipinski definition) is 5. The first-order valence-corrected chi connectivity index (χ1v) is 8.95. The van der Waals surface area contributed by atoms with Gasteiger partial charge in [-0.2, -0.15) is 4.98 Å². The van der Waals surface area contributed by atoms with Gasteiger partial charge in [-0.3, -0.25) is 4.79 Å². The summed E-state index contributed by atoms with van der Waals surface area (Å²) in [6, 6.07) is 16.0. The maximum Gasteiger partial charge on any atom is 0.255 e. The molecule has 0 unspecified atom stereocenters. The third-order valence-corrected chi connectivity index (χ3v) is 3.97. The Bertz CT molecular complexity index is 926. The van der Waals surface area contributed by atoms with Crippen molar-refractivity contribution in [2.24, 2.45) is 0 Å². The number of carbonyl (C=O) groups is 1. The standard InChI is InChI=1S/C20H20ClN5O/c1-3-22-18-12-13(2)23-20(26-18)25-17-10-8-16(9-11-17)24-19(27)14-4-6-15(21)7-5-14/h4-12H,3H2,1-2H3,(H,24,27)(H2,22,23,25,26). The fourth-order valence-corrected chi connectivity index (χ4v) is 2.59. The molecular formula is C20H20ClN5O. The second-order valence-electron chi connectivity index (χ2n) is 5.91. The number of anilines is 4. The van der Waals surface area contributed by atoms with E-state index in [9.17, 15) is 4.79 Å².